The Morgan fingerprint density at radius 2 is 2.18 bits per heavy atom. The van der Waals surface area contributed by atoms with E-state index < -0.39 is 12.0 Å². The molecular weight excluding hydrogens is 220 g/mol. The molecule has 1 aromatic rings. The minimum absolute atomic E-state index is 0.0864. The molecule has 1 atom stereocenters. The quantitative estimate of drug-likeness (QED) is 0.798. The average Bonchev–Trinajstić information content (AvgIpc) is 2.26. The Morgan fingerprint density at radius 3 is 2.65 bits per heavy atom. The summed E-state index contributed by atoms with van der Waals surface area (Å²) in [6.07, 6.45) is 0.731. The van der Waals surface area contributed by atoms with Crippen LogP contribution in [-0.4, -0.2) is 28.2 Å². The maximum Gasteiger partial charge on any atom is 0.248 e. The van der Waals surface area contributed by atoms with Gasteiger partial charge in [-0.05, 0) is 26.3 Å². The summed E-state index contributed by atoms with van der Waals surface area (Å²) in [5.74, 6) is 0.165. The molecule has 0 radical (unpaired) electrons. The Balaban J connectivity index is 2.48. The van der Waals surface area contributed by atoms with Crippen LogP contribution >= 0.6 is 0 Å². The molecule has 1 amide bonds. The second-order valence-corrected chi connectivity index (χ2v) is 4.07. The number of hydrogen-bond acceptors (Lipinski definition) is 4. The van der Waals surface area contributed by atoms with E-state index in [2.05, 4.69) is 10.3 Å². The Hall–Kier alpha value is -1.62. The van der Waals surface area contributed by atoms with E-state index in [1.54, 1.807) is 12.3 Å². The number of aliphatic hydroxyl groups excluding tert-OH is 1. The first-order chi connectivity index (χ1) is 7.99. The average molecular weight is 238 g/mol. The van der Waals surface area contributed by atoms with E-state index in [1.165, 1.54) is 6.92 Å². The van der Waals surface area contributed by atoms with Gasteiger partial charge < -0.3 is 15.2 Å². The van der Waals surface area contributed by atoms with Crippen LogP contribution in [0.1, 0.15) is 26.3 Å². The van der Waals surface area contributed by atoms with Gasteiger partial charge in [0.25, 0.3) is 0 Å². The number of nitrogens with one attached hydrogen (secondary N) is 1. The fraction of sp³-hybridized carbons (Fsp3) is 0.500. The SMILES string of the molecule is CC(C)Oc1ccc(CNC(=O)C(C)O)cn1. The van der Waals surface area contributed by atoms with Crippen LogP contribution in [0.15, 0.2) is 18.3 Å². The maximum absolute atomic E-state index is 11.1. The Morgan fingerprint density at radius 1 is 1.47 bits per heavy atom. The van der Waals surface area contributed by atoms with Crippen LogP contribution in [0.4, 0.5) is 0 Å². The molecule has 0 aliphatic carbocycles. The van der Waals surface area contributed by atoms with Gasteiger partial charge >= 0.3 is 0 Å². The lowest BCUT2D eigenvalue weighted by Crippen LogP contribution is -2.31. The van der Waals surface area contributed by atoms with Gasteiger partial charge in [-0.15, -0.1) is 0 Å². The first-order valence-electron chi connectivity index (χ1n) is 5.56. The molecule has 0 aliphatic rings. The predicted octanol–water partition coefficient (Wildman–Crippen LogP) is 0.866. The predicted molar refractivity (Wildman–Crippen MR) is 63.5 cm³/mol. The van der Waals surface area contributed by atoms with Gasteiger partial charge in [0.05, 0.1) is 6.10 Å². The zero-order valence-corrected chi connectivity index (χ0v) is 10.3. The molecule has 17 heavy (non-hydrogen) atoms. The number of pyridine rings is 1. The molecular formula is C12H18N2O3. The largest absolute Gasteiger partial charge is 0.475 e. The third kappa shape index (κ3) is 4.82. The van der Waals surface area contributed by atoms with E-state index in [9.17, 15) is 4.79 Å². The highest BCUT2D eigenvalue weighted by atomic mass is 16.5. The van der Waals surface area contributed by atoms with Crippen molar-refractivity contribution in [1.29, 1.82) is 0 Å². The van der Waals surface area contributed by atoms with Crippen molar-refractivity contribution in [3.8, 4) is 5.88 Å². The molecule has 94 valence electrons. The zero-order valence-electron chi connectivity index (χ0n) is 10.3. The minimum Gasteiger partial charge on any atom is -0.475 e. The molecule has 0 aliphatic heterocycles. The van der Waals surface area contributed by atoms with Crippen molar-refractivity contribution in [2.45, 2.75) is 39.5 Å². The number of rotatable bonds is 5. The van der Waals surface area contributed by atoms with Crippen LogP contribution < -0.4 is 10.1 Å². The van der Waals surface area contributed by atoms with Gasteiger partial charge in [-0.3, -0.25) is 4.79 Å². The number of aliphatic hydroxyl groups is 1. The number of nitrogens with zero attached hydrogens (tertiary/aromatic N) is 1. The van der Waals surface area contributed by atoms with Crippen molar-refractivity contribution in [3.63, 3.8) is 0 Å². The van der Waals surface area contributed by atoms with Crippen molar-refractivity contribution in [2.75, 3.05) is 0 Å². The summed E-state index contributed by atoms with van der Waals surface area (Å²) < 4.78 is 5.39. The highest BCUT2D eigenvalue weighted by Gasteiger charge is 2.07. The lowest BCUT2D eigenvalue weighted by Gasteiger charge is -2.10. The van der Waals surface area contributed by atoms with Crippen LogP contribution in [0, 0.1) is 0 Å². The molecule has 0 bridgehead atoms. The summed E-state index contributed by atoms with van der Waals surface area (Å²) in [7, 11) is 0. The third-order valence-electron chi connectivity index (χ3n) is 2.00. The minimum atomic E-state index is -0.994. The van der Waals surface area contributed by atoms with Gasteiger partial charge in [-0.2, -0.15) is 0 Å². The summed E-state index contributed by atoms with van der Waals surface area (Å²) in [5.41, 5.74) is 0.857. The second kappa shape index (κ2) is 6.20. The second-order valence-electron chi connectivity index (χ2n) is 4.07. The van der Waals surface area contributed by atoms with E-state index in [1.807, 2.05) is 19.9 Å². The number of amides is 1. The molecule has 0 saturated carbocycles. The van der Waals surface area contributed by atoms with Crippen LogP contribution in [0.2, 0.25) is 0 Å². The van der Waals surface area contributed by atoms with E-state index in [4.69, 9.17) is 9.84 Å². The summed E-state index contributed by atoms with van der Waals surface area (Å²) in [6, 6.07) is 3.58. The molecule has 2 N–H and O–H groups in total. The molecule has 0 saturated heterocycles. The van der Waals surface area contributed by atoms with Gasteiger partial charge in [0, 0.05) is 18.8 Å². The molecule has 5 heteroatoms. The van der Waals surface area contributed by atoms with E-state index >= 15 is 0 Å². The Labute approximate surface area is 101 Å². The number of carbonyl (C=O) groups excluding carboxylic acids is 1. The molecule has 0 fully saturated rings. The molecule has 1 aromatic heterocycles. The molecule has 5 nitrogen and oxygen atoms in total. The van der Waals surface area contributed by atoms with Crippen LogP contribution in [0.3, 0.4) is 0 Å². The molecule has 0 aromatic carbocycles. The van der Waals surface area contributed by atoms with Crippen LogP contribution in [0.25, 0.3) is 0 Å². The topological polar surface area (TPSA) is 71.5 Å². The maximum atomic E-state index is 11.1. The van der Waals surface area contributed by atoms with Crippen molar-refractivity contribution in [1.82, 2.24) is 10.3 Å². The number of aromatic nitrogens is 1. The number of hydrogen-bond donors (Lipinski definition) is 2. The van der Waals surface area contributed by atoms with Crippen molar-refractivity contribution >= 4 is 5.91 Å². The molecule has 1 unspecified atom stereocenters. The lowest BCUT2D eigenvalue weighted by molar-refractivity contribution is -0.128. The first kappa shape index (κ1) is 13.4. The molecule has 1 heterocycles. The third-order valence-corrected chi connectivity index (χ3v) is 2.00. The standard InChI is InChI=1S/C12H18N2O3/c1-8(2)17-11-5-4-10(6-13-11)7-14-12(16)9(3)15/h4-6,8-9,15H,7H2,1-3H3,(H,14,16). The van der Waals surface area contributed by atoms with Gasteiger partial charge in [0.15, 0.2) is 0 Å². The van der Waals surface area contributed by atoms with Gasteiger partial charge in [0.2, 0.25) is 11.8 Å². The van der Waals surface area contributed by atoms with Crippen LogP contribution in [0.5, 0.6) is 5.88 Å². The highest BCUT2D eigenvalue weighted by Crippen LogP contribution is 2.09. The normalized spacial score (nSPS) is 12.3. The van der Waals surface area contributed by atoms with Crippen molar-refractivity contribution in [3.05, 3.63) is 23.9 Å². The van der Waals surface area contributed by atoms with E-state index in [0.29, 0.717) is 12.4 Å². The number of carbonyl (C=O) groups is 1. The zero-order chi connectivity index (χ0) is 12.8. The first-order valence-corrected chi connectivity index (χ1v) is 5.56. The van der Waals surface area contributed by atoms with Crippen LogP contribution in [-0.2, 0) is 11.3 Å². The van der Waals surface area contributed by atoms with E-state index in [0.717, 1.165) is 5.56 Å². The monoisotopic (exact) mass is 238 g/mol. The Bertz CT molecular complexity index is 361. The van der Waals surface area contributed by atoms with Gasteiger partial charge in [0.1, 0.15) is 6.10 Å². The van der Waals surface area contributed by atoms with Gasteiger partial charge in [-0.25, -0.2) is 4.98 Å². The molecule has 1 rings (SSSR count). The van der Waals surface area contributed by atoms with E-state index in [-0.39, 0.29) is 6.10 Å². The fourth-order valence-corrected chi connectivity index (χ4v) is 1.16. The smallest absolute Gasteiger partial charge is 0.248 e. The fourth-order valence-electron chi connectivity index (χ4n) is 1.16. The number of ether oxygens (including phenoxy) is 1. The molecule has 0 spiro atoms. The highest BCUT2D eigenvalue weighted by molar-refractivity contribution is 5.79. The van der Waals surface area contributed by atoms with Crippen molar-refractivity contribution < 1.29 is 14.6 Å². The summed E-state index contributed by atoms with van der Waals surface area (Å²) >= 11 is 0. The lowest BCUT2D eigenvalue weighted by atomic mass is 10.2. The Kier molecular flexibility index (Phi) is 4.90. The summed E-state index contributed by atoms with van der Waals surface area (Å²) in [4.78, 5) is 15.2. The van der Waals surface area contributed by atoms with Gasteiger partial charge in [-0.1, -0.05) is 6.07 Å². The summed E-state index contributed by atoms with van der Waals surface area (Å²) in [5, 5.41) is 11.6. The van der Waals surface area contributed by atoms with Crippen molar-refractivity contribution in [2.24, 2.45) is 0 Å². The summed E-state index contributed by atoms with van der Waals surface area (Å²) in [6.45, 7) is 5.63.